The van der Waals surface area contributed by atoms with Gasteiger partial charge in [0.2, 0.25) is 11.2 Å². The molecule has 3 aromatic carbocycles. The summed E-state index contributed by atoms with van der Waals surface area (Å²) < 4.78 is 11.1. The van der Waals surface area contributed by atoms with E-state index in [4.69, 9.17) is 9.15 Å². The lowest BCUT2D eigenvalue weighted by molar-refractivity contribution is -0.131. The Morgan fingerprint density at radius 3 is 2.07 bits per heavy atom. The van der Waals surface area contributed by atoms with Crippen molar-refractivity contribution in [3.8, 4) is 28.2 Å². The van der Waals surface area contributed by atoms with E-state index in [1.807, 2.05) is 54.6 Å². The van der Waals surface area contributed by atoms with Crippen molar-refractivity contribution in [1.29, 1.82) is 0 Å². The lowest BCUT2D eigenvalue weighted by Gasteiger charge is -2.10. The third kappa shape index (κ3) is 3.25. The summed E-state index contributed by atoms with van der Waals surface area (Å²) in [6.45, 7) is 1.26. The highest BCUT2D eigenvalue weighted by Crippen LogP contribution is 2.32. The standard InChI is InChI=1S/C23H16O4/c1-15(24)26-23-21(25)19-9-5-6-10-20(19)27-22(23)18-13-11-17(12-14-18)16-7-3-2-4-8-16/h2-14H,1H3. The molecule has 4 aromatic rings. The molecule has 0 amide bonds. The van der Waals surface area contributed by atoms with Crippen LogP contribution in [0.25, 0.3) is 33.4 Å². The first-order chi connectivity index (χ1) is 13.1. The maximum Gasteiger partial charge on any atom is 0.308 e. The van der Waals surface area contributed by atoms with Gasteiger partial charge in [0.25, 0.3) is 0 Å². The van der Waals surface area contributed by atoms with E-state index in [-0.39, 0.29) is 16.9 Å². The van der Waals surface area contributed by atoms with Gasteiger partial charge in [0.1, 0.15) is 5.58 Å². The Morgan fingerprint density at radius 2 is 1.37 bits per heavy atom. The van der Waals surface area contributed by atoms with E-state index in [1.54, 1.807) is 24.3 Å². The van der Waals surface area contributed by atoms with Crippen LogP contribution in [0.3, 0.4) is 0 Å². The van der Waals surface area contributed by atoms with Crippen LogP contribution >= 0.6 is 0 Å². The van der Waals surface area contributed by atoms with Gasteiger partial charge in [-0.05, 0) is 23.3 Å². The molecule has 4 heteroatoms. The predicted molar refractivity (Wildman–Crippen MR) is 105 cm³/mol. The minimum atomic E-state index is -0.570. The molecular formula is C23H16O4. The van der Waals surface area contributed by atoms with Crippen LogP contribution in [-0.4, -0.2) is 5.97 Å². The zero-order chi connectivity index (χ0) is 18.8. The second-order valence-corrected chi connectivity index (χ2v) is 6.12. The van der Waals surface area contributed by atoms with E-state index < -0.39 is 5.97 Å². The zero-order valence-corrected chi connectivity index (χ0v) is 14.6. The smallest absolute Gasteiger partial charge is 0.308 e. The molecule has 27 heavy (non-hydrogen) atoms. The number of esters is 1. The van der Waals surface area contributed by atoms with Gasteiger partial charge in [0.15, 0.2) is 5.76 Å². The Bertz CT molecular complexity index is 1170. The molecule has 0 radical (unpaired) electrons. The van der Waals surface area contributed by atoms with Crippen molar-refractivity contribution in [2.75, 3.05) is 0 Å². The van der Waals surface area contributed by atoms with Crippen molar-refractivity contribution < 1.29 is 13.9 Å². The number of para-hydroxylation sites is 1. The number of hydrogen-bond donors (Lipinski definition) is 0. The Labute approximate surface area is 155 Å². The molecule has 132 valence electrons. The molecule has 0 spiro atoms. The first-order valence-corrected chi connectivity index (χ1v) is 8.53. The van der Waals surface area contributed by atoms with Gasteiger partial charge in [0, 0.05) is 12.5 Å². The van der Waals surface area contributed by atoms with Crippen LogP contribution < -0.4 is 10.2 Å². The molecule has 4 rings (SSSR count). The van der Waals surface area contributed by atoms with E-state index in [2.05, 4.69) is 0 Å². The molecule has 1 heterocycles. The molecule has 0 fully saturated rings. The van der Waals surface area contributed by atoms with Crippen molar-refractivity contribution >= 4 is 16.9 Å². The molecule has 0 aliphatic carbocycles. The number of fused-ring (bicyclic) bond motifs is 1. The molecule has 0 bridgehead atoms. The number of ether oxygens (including phenoxy) is 1. The summed E-state index contributed by atoms with van der Waals surface area (Å²) in [6, 6.07) is 24.4. The lowest BCUT2D eigenvalue weighted by atomic mass is 10.0. The Hall–Kier alpha value is -3.66. The first kappa shape index (κ1) is 16.8. The predicted octanol–water partition coefficient (Wildman–Crippen LogP) is 5.05. The van der Waals surface area contributed by atoms with E-state index >= 15 is 0 Å². The second-order valence-electron chi connectivity index (χ2n) is 6.12. The van der Waals surface area contributed by atoms with Gasteiger partial charge in [0.05, 0.1) is 5.39 Å². The summed E-state index contributed by atoms with van der Waals surface area (Å²) in [5.74, 6) is -0.415. The fraction of sp³-hybridized carbons (Fsp3) is 0.0435. The van der Waals surface area contributed by atoms with Gasteiger partial charge in [-0.2, -0.15) is 0 Å². The zero-order valence-electron chi connectivity index (χ0n) is 14.6. The fourth-order valence-electron chi connectivity index (χ4n) is 3.00. The first-order valence-electron chi connectivity index (χ1n) is 8.53. The average molecular weight is 356 g/mol. The van der Waals surface area contributed by atoms with Crippen LogP contribution in [0.1, 0.15) is 6.92 Å². The quantitative estimate of drug-likeness (QED) is 0.482. The molecule has 0 aliphatic heterocycles. The summed E-state index contributed by atoms with van der Waals surface area (Å²) in [4.78, 5) is 24.3. The summed E-state index contributed by atoms with van der Waals surface area (Å²) in [6.07, 6.45) is 0. The summed E-state index contributed by atoms with van der Waals surface area (Å²) in [5.41, 5.74) is 2.87. The summed E-state index contributed by atoms with van der Waals surface area (Å²) in [7, 11) is 0. The van der Waals surface area contributed by atoms with E-state index in [1.165, 1.54) is 6.92 Å². The van der Waals surface area contributed by atoms with Crippen molar-refractivity contribution in [2.24, 2.45) is 0 Å². The van der Waals surface area contributed by atoms with Crippen LogP contribution in [0.4, 0.5) is 0 Å². The SMILES string of the molecule is CC(=O)Oc1c(-c2ccc(-c3ccccc3)cc2)oc2ccccc2c1=O. The third-order valence-electron chi connectivity index (χ3n) is 4.26. The van der Waals surface area contributed by atoms with Gasteiger partial charge in [-0.3, -0.25) is 9.59 Å². The highest BCUT2D eigenvalue weighted by atomic mass is 16.5. The molecule has 0 N–H and O–H groups in total. The van der Waals surface area contributed by atoms with Crippen LogP contribution in [-0.2, 0) is 4.79 Å². The molecule has 4 nitrogen and oxygen atoms in total. The van der Waals surface area contributed by atoms with Gasteiger partial charge in [-0.25, -0.2) is 0 Å². The minimum Gasteiger partial charge on any atom is -0.452 e. The second kappa shape index (κ2) is 6.92. The number of hydrogen-bond acceptors (Lipinski definition) is 4. The molecule has 0 atom stereocenters. The van der Waals surface area contributed by atoms with Crippen molar-refractivity contribution in [2.45, 2.75) is 6.92 Å². The molecule has 0 aliphatic rings. The monoisotopic (exact) mass is 356 g/mol. The van der Waals surface area contributed by atoms with Crippen LogP contribution in [0.5, 0.6) is 5.75 Å². The summed E-state index contributed by atoms with van der Waals surface area (Å²) in [5, 5.41) is 0.374. The highest BCUT2D eigenvalue weighted by Gasteiger charge is 2.19. The van der Waals surface area contributed by atoms with Crippen LogP contribution in [0.2, 0.25) is 0 Å². The van der Waals surface area contributed by atoms with Crippen LogP contribution in [0, 0.1) is 0 Å². The van der Waals surface area contributed by atoms with E-state index in [0.717, 1.165) is 11.1 Å². The fourth-order valence-corrected chi connectivity index (χ4v) is 3.00. The van der Waals surface area contributed by atoms with Gasteiger partial charge >= 0.3 is 5.97 Å². The van der Waals surface area contributed by atoms with Crippen molar-refractivity contribution in [3.05, 3.63) is 89.1 Å². The normalized spacial score (nSPS) is 10.7. The van der Waals surface area contributed by atoms with Crippen LogP contribution in [0.15, 0.2) is 88.1 Å². The Balaban J connectivity index is 1.87. The number of benzene rings is 3. The van der Waals surface area contributed by atoms with Gasteiger partial charge in [-0.15, -0.1) is 0 Å². The topological polar surface area (TPSA) is 56.5 Å². The molecule has 0 unspecified atom stereocenters. The lowest BCUT2D eigenvalue weighted by Crippen LogP contribution is -2.13. The third-order valence-corrected chi connectivity index (χ3v) is 4.26. The number of carbonyl (C=O) groups excluding carboxylic acids is 1. The highest BCUT2D eigenvalue weighted by molar-refractivity contribution is 5.84. The number of carbonyl (C=O) groups is 1. The maximum absolute atomic E-state index is 12.8. The molecule has 0 saturated carbocycles. The average Bonchev–Trinajstić information content (AvgIpc) is 2.70. The number of rotatable bonds is 3. The van der Waals surface area contributed by atoms with Gasteiger partial charge < -0.3 is 9.15 Å². The Kier molecular flexibility index (Phi) is 4.30. The largest absolute Gasteiger partial charge is 0.452 e. The molecule has 1 aromatic heterocycles. The van der Waals surface area contributed by atoms with E-state index in [0.29, 0.717) is 16.5 Å². The van der Waals surface area contributed by atoms with Gasteiger partial charge in [-0.1, -0.05) is 66.7 Å². The van der Waals surface area contributed by atoms with Crippen molar-refractivity contribution in [3.63, 3.8) is 0 Å². The Morgan fingerprint density at radius 1 is 0.778 bits per heavy atom. The van der Waals surface area contributed by atoms with E-state index in [9.17, 15) is 9.59 Å². The maximum atomic E-state index is 12.8. The summed E-state index contributed by atoms with van der Waals surface area (Å²) >= 11 is 0. The molecule has 0 saturated heterocycles. The van der Waals surface area contributed by atoms with Crippen molar-refractivity contribution in [1.82, 2.24) is 0 Å². The minimum absolute atomic E-state index is 0.0892. The molecular weight excluding hydrogens is 340 g/mol.